The lowest BCUT2D eigenvalue weighted by molar-refractivity contribution is -0.120. The van der Waals surface area contributed by atoms with Gasteiger partial charge < -0.3 is 14.8 Å². The van der Waals surface area contributed by atoms with Crippen molar-refractivity contribution in [2.24, 2.45) is 0 Å². The Morgan fingerprint density at radius 2 is 1.80 bits per heavy atom. The first kappa shape index (κ1) is 18.7. The zero-order valence-electron chi connectivity index (χ0n) is 14.2. The number of carbonyl (C=O) groups is 1. The fraction of sp³-hybridized carbons (Fsp3) is 0.294. The first-order chi connectivity index (χ1) is 11.8. The van der Waals surface area contributed by atoms with Gasteiger partial charge in [-0.3, -0.25) is 4.79 Å². The summed E-state index contributed by atoms with van der Waals surface area (Å²) in [7, 11) is -1.82. The van der Waals surface area contributed by atoms with E-state index in [2.05, 4.69) is 10.3 Å². The quantitative estimate of drug-likeness (QED) is 0.807. The van der Waals surface area contributed by atoms with Crippen LogP contribution in [0.5, 0.6) is 17.4 Å². The molecule has 134 valence electrons. The van der Waals surface area contributed by atoms with E-state index in [9.17, 15) is 13.2 Å². The average molecular weight is 364 g/mol. The second-order valence-corrected chi connectivity index (χ2v) is 7.84. The van der Waals surface area contributed by atoms with Crippen LogP contribution >= 0.6 is 0 Å². The molecule has 1 aromatic heterocycles. The van der Waals surface area contributed by atoms with Gasteiger partial charge in [-0.05, 0) is 36.8 Å². The van der Waals surface area contributed by atoms with E-state index >= 15 is 0 Å². The topological polar surface area (TPSA) is 94.6 Å². The Hall–Kier alpha value is -2.61. The molecule has 0 fully saturated rings. The highest BCUT2D eigenvalue weighted by Gasteiger charge is 2.22. The summed E-state index contributed by atoms with van der Waals surface area (Å²) in [5.74, 6) is 1.22. The van der Waals surface area contributed by atoms with Crippen molar-refractivity contribution in [1.82, 2.24) is 10.3 Å². The number of ether oxygens (including phenoxy) is 2. The van der Waals surface area contributed by atoms with E-state index in [1.165, 1.54) is 6.92 Å². The average Bonchev–Trinajstić information content (AvgIpc) is 2.60. The Kier molecular flexibility index (Phi) is 5.97. The molecular weight excluding hydrogens is 344 g/mol. The fourth-order valence-corrected chi connectivity index (χ4v) is 2.34. The maximum absolute atomic E-state index is 11.8. The van der Waals surface area contributed by atoms with Gasteiger partial charge in [-0.25, -0.2) is 13.4 Å². The van der Waals surface area contributed by atoms with Crippen molar-refractivity contribution in [3.05, 3.63) is 48.2 Å². The number of nitrogens with one attached hydrogen (secondary N) is 1. The van der Waals surface area contributed by atoms with Gasteiger partial charge in [0.1, 0.15) is 16.7 Å². The smallest absolute Gasteiger partial charge is 0.238 e. The van der Waals surface area contributed by atoms with Gasteiger partial charge >= 0.3 is 0 Å². The number of aromatic nitrogens is 1. The predicted molar refractivity (Wildman–Crippen MR) is 93.5 cm³/mol. The molecule has 1 unspecified atom stereocenters. The van der Waals surface area contributed by atoms with Crippen LogP contribution in [0.15, 0.2) is 42.6 Å². The Morgan fingerprint density at radius 3 is 2.32 bits per heavy atom. The number of hydrogen-bond acceptors (Lipinski definition) is 6. The Labute approximate surface area is 146 Å². The van der Waals surface area contributed by atoms with Crippen LogP contribution in [0.4, 0.5) is 0 Å². The molecule has 7 nitrogen and oxygen atoms in total. The van der Waals surface area contributed by atoms with E-state index in [0.717, 1.165) is 17.6 Å². The molecule has 0 radical (unpaired) electrons. The molecule has 0 bridgehead atoms. The molecule has 1 aromatic carbocycles. The summed E-state index contributed by atoms with van der Waals surface area (Å²) in [6.07, 6.45) is 2.59. The molecule has 0 saturated heterocycles. The van der Waals surface area contributed by atoms with Crippen LogP contribution in [0.25, 0.3) is 0 Å². The number of rotatable bonds is 7. The van der Waals surface area contributed by atoms with Gasteiger partial charge in [0.15, 0.2) is 9.84 Å². The molecule has 1 atom stereocenters. The Bertz CT molecular complexity index is 817. The number of nitrogens with zero attached hydrogens (tertiary/aromatic N) is 1. The summed E-state index contributed by atoms with van der Waals surface area (Å²) < 4.78 is 33.4. The summed E-state index contributed by atoms with van der Waals surface area (Å²) in [6, 6.07) is 10.5. The number of pyridine rings is 1. The van der Waals surface area contributed by atoms with Crippen LogP contribution in [0.3, 0.4) is 0 Å². The lowest BCUT2D eigenvalue weighted by Crippen LogP contribution is -2.37. The molecular formula is C17H20N2O5S. The molecule has 0 aliphatic heterocycles. The van der Waals surface area contributed by atoms with Crippen molar-refractivity contribution in [2.45, 2.75) is 18.7 Å². The second-order valence-electron chi connectivity index (χ2n) is 5.47. The number of hydrogen-bond donors (Lipinski definition) is 1. The van der Waals surface area contributed by atoms with Crippen molar-refractivity contribution in [2.75, 3.05) is 13.4 Å². The molecule has 0 spiro atoms. The maximum atomic E-state index is 11.8. The zero-order valence-corrected chi connectivity index (χ0v) is 15.0. The van der Waals surface area contributed by atoms with Crippen molar-refractivity contribution >= 4 is 15.7 Å². The molecule has 0 saturated carbocycles. The van der Waals surface area contributed by atoms with Gasteiger partial charge in [0.25, 0.3) is 0 Å². The van der Waals surface area contributed by atoms with Crippen LogP contribution in [0.1, 0.15) is 12.5 Å². The van der Waals surface area contributed by atoms with Crippen molar-refractivity contribution in [3.63, 3.8) is 0 Å². The monoisotopic (exact) mass is 364 g/mol. The second kappa shape index (κ2) is 7.98. The minimum Gasteiger partial charge on any atom is -0.497 e. The number of carbonyl (C=O) groups excluding carboxylic acids is 1. The lowest BCUT2D eigenvalue weighted by atomic mass is 10.3. The van der Waals surface area contributed by atoms with E-state index in [1.807, 2.05) is 0 Å². The molecule has 0 aliphatic rings. The predicted octanol–water partition coefficient (Wildman–Crippen LogP) is 1.93. The summed E-state index contributed by atoms with van der Waals surface area (Å²) in [4.78, 5) is 15.9. The van der Waals surface area contributed by atoms with Crippen LogP contribution in [-0.2, 0) is 21.2 Å². The Balaban J connectivity index is 1.92. The van der Waals surface area contributed by atoms with E-state index in [0.29, 0.717) is 11.6 Å². The van der Waals surface area contributed by atoms with E-state index in [-0.39, 0.29) is 6.54 Å². The van der Waals surface area contributed by atoms with Crippen molar-refractivity contribution in [1.29, 1.82) is 0 Å². The highest BCUT2D eigenvalue weighted by atomic mass is 32.2. The number of amides is 1. The third-order valence-electron chi connectivity index (χ3n) is 3.56. The molecule has 25 heavy (non-hydrogen) atoms. The first-order valence-corrected chi connectivity index (χ1v) is 9.48. The first-order valence-electron chi connectivity index (χ1n) is 7.53. The van der Waals surface area contributed by atoms with Crippen molar-refractivity contribution < 1.29 is 22.7 Å². The standard InChI is InChI=1S/C17H20N2O5S/c1-12(25(3,21)22)17(20)19-11-13-4-9-16(18-10-13)24-15-7-5-14(23-2)6-8-15/h4-10,12H,11H2,1-3H3,(H,19,20). The van der Waals surface area contributed by atoms with Gasteiger partial charge in [0.2, 0.25) is 11.8 Å². The number of methoxy groups -OCH3 is 1. The molecule has 0 aliphatic carbocycles. The maximum Gasteiger partial charge on any atom is 0.238 e. The number of sulfone groups is 1. The lowest BCUT2D eigenvalue weighted by Gasteiger charge is -2.10. The van der Waals surface area contributed by atoms with Crippen molar-refractivity contribution in [3.8, 4) is 17.4 Å². The normalized spacial score (nSPS) is 12.3. The van der Waals surface area contributed by atoms with Crippen LogP contribution in [-0.4, -0.2) is 37.9 Å². The molecule has 8 heteroatoms. The molecule has 1 heterocycles. The molecule has 2 rings (SSSR count). The van der Waals surface area contributed by atoms with E-state index in [1.54, 1.807) is 49.7 Å². The highest BCUT2D eigenvalue weighted by molar-refractivity contribution is 7.92. The van der Waals surface area contributed by atoms with Gasteiger partial charge in [0.05, 0.1) is 7.11 Å². The third-order valence-corrected chi connectivity index (χ3v) is 5.06. The zero-order chi connectivity index (χ0) is 18.4. The summed E-state index contributed by atoms with van der Waals surface area (Å²) >= 11 is 0. The van der Waals surface area contributed by atoms with Crippen LogP contribution in [0.2, 0.25) is 0 Å². The van der Waals surface area contributed by atoms with Gasteiger partial charge in [0, 0.05) is 25.1 Å². The third kappa shape index (κ3) is 5.46. The minimum absolute atomic E-state index is 0.189. The van der Waals surface area contributed by atoms with Gasteiger partial charge in [-0.15, -0.1) is 0 Å². The highest BCUT2D eigenvalue weighted by Crippen LogP contribution is 2.22. The summed E-state index contributed by atoms with van der Waals surface area (Å²) in [5.41, 5.74) is 0.733. The van der Waals surface area contributed by atoms with Crippen LogP contribution < -0.4 is 14.8 Å². The van der Waals surface area contributed by atoms with Crippen LogP contribution in [0, 0.1) is 0 Å². The summed E-state index contributed by atoms with van der Waals surface area (Å²) in [5, 5.41) is 1.49. The van der Waals surface area contributed by atoms with E-state index in [4.69, 9.17) is 9.47 Å². The number of benzene rings is 1. The van der Waals surface area contributed by atoms with E-state index < -0.39 is 21.0 Å². The molecule has 1 N–H and O–H groups in total. The molecule has 1 amide bonds. The summed E-state index contributed by atoms with van der Waals surface area (Å²) in [6.45, 7) is 1.54. The fourth-order valence-electron chi connectivity index (χ4n) is 1.87. The SMILES string of the molecule is COc1ccc(Oc2ccc(CNC(=O)C(C)S(C)(=O)=O)cn2)cc1. The minimum atomic E-state index is -3.41. The van der Waals surface area contributed by atoms with Gasteiger partial charge in [-0.1, -0.05) is 6.07 Å². The largest absolute Gasteiger partial charge is 0.497 e. The van der Waals surface area contributed by atoms with Gasteiger partial charge in [-0.2, -0.15) is 0 Å². The molecule has 2 aromatic rings. The Morgan fingerprint density at radius 1 is 1.16 bits per heavy atom.